The average molecular weight is 318 g/mol. The molecule has 0 aromatic carbocycles. The number of hydrogen-bond donors (Lipinski definition) is 1. The van der Waals surface area contributed by atoms with E-state index in [0.29, 0.717) is 6.61 Å². The number of halogens is 2. The van der Waals surface area contributed by atoms with Crippen LogP contribution in [0.15, 0.2) is 16.6 Å². The summed E-state index contributed by atoms with van der Waals surface area (Å²) in [4.78, 5) is 4.09. The third kappa shape index (κ3) is 6.42. The van der Waals surface area contributed by atoms with Crippen molar-refractivity contribution in [1.82, 2.24) is 0 Å². The highest BCUT2D eigenvalue weighted by Gasteiger charge is 2.02. The molecule has 3 nitrogen and oxygen atoms in total. The number of ether oxygens (including phenoxy) is 1. The maximum absolute atomic E-state index is 8.98. The number of rotatable bonds is 5. The molecule has 0 aromatic rings. The molecule has 1 unspecified atom stereocenters. The van der Waals surface area contributed by atoms with Gasteiger partial charge in [0.25, 0.3) is 0 Å². The van der Waals surface area contributed by atoms with E-state index in [4.69, 9.17) is 21.4 Å². The van der Waals surface area contributed by atoms with Gasteiger partial charge in [0.2, 0.25) is 0 Å². The van der Waals surface area contributed by atoms with E-state index in [0.717, 1.165) is 9.29 Å². The largest absolute Gasteiger partial charge is 0.392 e. The first-order valence-corrected chi connectivity index (χ1v) is 5.30. The molecule has 0 heterocycles. The van der Waals surface area contributed by atoms with E-state index in [9.17, 15) is 0 Å². The van der Waals surface area contributed by atoms with Crippen LogP contribution in [0.2, 0.25) is 0 Å². The van der Waals surface area contributed by atoms with Gasteiger partial charge >= 0.3 is 0 Å². The fraction of sp³-hybridized carbons (Fsp3) is 0.625. The molecule has 1 atom stereocenters. The van der Waals surface area contributed by atoms with Crippen LogP contribution in [0.3, 0.4) is 0 Å². The van der Waals surface area contributed by atoms with Crippen molar-refractivity contribution in [1.29, 1.82) is 0 Å². The summed E-state index contributed by atoms with van der Waals surface area (Å²) in [5.74, 6) is 0. The number of methoxy groups -OCH3 is 1. The SMILES string of the molecule is COC/C=C(/CO)C(I)=NC(C)Cl. The molecule has 5 heteroatoms. The molecule has 0 saturated heterocycles. The molecule has 0 radical (unpaired) electrons. The van der Waals surface area contributed by atoms with Crippen LogP contribution in [0.5, 0.6) is 0 Å². The van der Waals surface area contributed by atoms with Crippen LogP contribution in [0.25, 0.3) is 0 Å². The Balaban J connectivity index is 4.39. The van der Waals surface area contributed by atoms with E-state index in [1.54, 1.807) is 20.1 Å². The van der Waals surface area contributed by atoms with Crippen LogP contribution >= 0.6 is 34.2 Å². The van der Waals surface area contributed by atoms with Crippen LogP contribution < -0.4 is 0 Å². The van der Waals surface area contributed by atoms with Crippen molar-refractivity contribution in [3.63, 3.8) is 0 Å². The molecule has 0 aliphatic rings. The summed E-state index contributed by atoms with van der Waals surface area (Å²) in [5.41, 5.74) is 0.472. The monoisotopic (exact) mass is 317 g/mol. The number of aliphatic imine (C=N–C) groups is 1. The zero-order valence-corrected chi connectivity index (χ0v) is 10.5. The molecule has 1 N–H and O–H groups in total. The predicted octanol–water partition coefficient (Wildman–Crippen LogP) is 1.97. The maximum Gasteiger partial charge on any atom is 0.122 e. The summed E-state index contributed by atoms with van der Waals surface area (Å²) >= 11 is 7.72. The Hall–Kier alpha value is 0.350. The van der Waals surface area contributed by atoms with Crippen LogP contribution in [-0.4, -0.2) is 34.6 Å². The van der Waals surface area contributed by atoms with Gasteiger partial charge in [-0.3, -0.25) is 4.99 Å². The minimum atomic E-state index is -0.274. The first-order chi connectivity index (χ1) is 6.11. The highest BCUT2D eigenvalue weighted by Crippen LogP contribution is 2.09. The summed E-state index contributed by atoms with van der Waals surface area (Å²) in [5, 5.41) is 8.98. The van der Waals surface area contributed by atoms with E-state index in [1.165, 1.54) is 0 Å². The number of hydrogen-bond acceptors (Lipinski definition) is 3. The highest BCUT2D eigenvalue weighted by molar-refractivity contribution is 14.1. The lowest BCUT2D eigenvalue weighted by Gasteiger charge is -2.03. The smallest absolute Gasteiger partial charge is 0.122 e. The number of aliphatic hydroxyl groups is 1. The Morgan fingerprint density at radius 1 is 1.77 bits per heavy atom. The lowest BCUT2D eigenvalue weighted by Crippen LogP contribution is -2.03. The van der Waals surface area contributed by atoms with Gasteiger partial charge in [-0.1, -0.05) is 17.7 Å². The summed E-state index contributed by atoms with van der Waals surface area (Å²) in [7, 11) is 1.60. The molecule has 0 aromatic heterocycles. The van der Waals surface area contributed by atoms with Gasteiger partial charge in [-0.25, -0.2) is 0 Å². The van der Waals surface area contributed by atoms with Crippen molar-refractivity contribution in [2.24, 2.45) is 4.99 Å². The van der Waals surface area contributed by atoms with E-state index < -0.39 is 0 Å². The Labute approximate surface area is 97.0 Å². The molecule has 0 rings (SSSR count). The van der Waals surface area contributed by atoms with Crippen LogP contribution in [0.1, 0.15) is 6.92 Å². The van der Waals surface area contributed by atoms with E-state index in [-0.39, 0.29) is 12.1 Å². The van der Waals surface area contributed by atoms with Crippen molar-refractivity contribution in [3.05, 3.63) is 11.6 Å². The molecule has 0 spiro atoms. The third-order valence-corrected chi connectivity index (χ3v) is 2.29. The van der Waals surface area contributed by atoms with Gasteiger partial charge in [0, 0.05) is 12.7 Å². The molecule has 13 heavy (non-hydrogen) atoms. The average Bonchev–Trinajstić information content (AvgIpc) is 2.04. The quantitative estimate of drug-likeness (QED) is 0.364. The third-order valence-electron chi connectivity index (χ3n) is 1.22. The Morgan fingerprint density at radius 2 is 2.38 bits per heavy atom. The number of nitrogens with zero attached hydrogens (tertiary/aromatic N) is 1. The van der Waals surface area contributed by atoms with Crippen molar-refractivity contribution in [2.45, 2.75) is 12.4 Å². The first kappa shape index (κ1) is 13.4. The summed E-state index contributed by atoms with van der Waals surface area (Å²) in [6.07, 6.45) is 1.78. The van der Waals surface area contributed by atoms with Crippen molar-refractivity contribution in [3.8, 4) is 0 Å². The Morgan fingerprint density at radius 3 is 2.77 bits per heavy atom. The summed E-state index contributed by atoms with van der Waals surface area (Å²) in [6, 6.07) is 0. The van der Waals surface area contributed by atoms with Gasteiger partial charge in [0.15, 0.2) is 0 Å². The van der Waals surface area contributed by atoms with Gasteiger partial charge in [-0.15, -0.1) is 0 Å². The second kappa shape index (κ2) is 7.73. The minimum absolute atomic E-state index is 0.0469. The second-order valence-electron chi connectivity index (χ2n) is 2.34. The molecule has 0 fully saturated rings. The van der Waals surface area contributed by atoms with Gasteiger partial charge < -0.3 is 9.84 Å². The lowest BCUT2D eigenvalue weighted by molar-refractivity contribution is 0.232. The molecule has 0 saturated carbocycles. The minimum Gasteiger partial charge on any atom is -0.392 e. The van der Waals surface area contributed by atoms with Gasteiger partial charge in [-0.2, -0.15) is 0 Å². The fourth-order valence-corrected chi connectivity index (χ4v) is 1.71. The molecule has 0 amide bonds. The van der Waals surface area contributed by atoms with Gasteiger partial charge in [0.05, 0.1) is 13.2 Å². The van der Waals surface area contributed by atoms with Crippen molar-refractivity contribution < 1.29 is 9.84 Å². The standard InChI is InChI=1S/C8H13ClINO2/c1-6(9)11-8(10)7(5-12)3-4-13-2/h3,6,12H,4-5H2,1-2H3/b7-3-,11-8?. The van der Waals surface area contributed by atoms with Crippen molar-refractivity contribution in [2.75, 3.05) is 20.3 Å². The molecule has 0 bridgehead atoms. The summed E-state index contributed by atoms with van der Waals surface area (Å²) in [6.45, 7) is 2.19. The van der Waals surface area contributed by atoms with Crippen LogP contribution in [0.4, 0.5) is 0 Å². The normalized spacial score (nSPS) is 16.1. The van der Waals surface area contributed by atoms with Crippen LogP contribution in [-0.2, 0) is 4.74 Å². The van der Waals surface area contributed by atoms with E-state index >= 15 is 0 Å². The topological polar surface area (TPSA) is 41.8 Å². The van der Waals surface area contributed by atoms with Crippen molar-refractivity contribution >= 4 is 37.9 Å². The maximum atomic E-state index is 8.98. The number of alkyl halides is 1. The summed E-state index contributed by atoms with van der Waals surface area (Å²) < 4.78 is 5.57. The molecule has 0 aliphatic carbocycles. The Kier molecular flexibility index (Phi) is 7.93. The highest BCUT2D eigenvalue weighted by atomic mass is 127. The fourth-order valence-electron chi connectivity index (χ4n) is 0.637. The number of aliphatic hydroxyl groups excluding tert-OH is 1. The zero-order valence-electron chi connectivity index (χ0n) is 7.63. The molecular weight excluding hydrogens is 304 g/mol. The molecule has 0 aliphatic heterocycles. The van der Waals surface area contributed by atoms with E-state index in [1.807, 2.05) is 22.6 Å². The predicted molar refractivity (Wildman–Crippen MR) is 63.8 cm³/mol. The molecule has 76 valence electrons. The zero-order chi connectivity index (χ0) is 10.3. The van der Waals surface area contributed by atoms with Gasteiger partial charge in [-0.05, 0) is 29.5 Å². The first-order valence-electron chi connectivity index (χ1n) is 3.78. The van der Waals surface area contributed by atoms with Gasteiger partial charge in [0.1, 0.15) is 9.22 Å². The lowest BCUT2D eigenvalue weighted by atomic mass is 10.3. The molecular formula is C8H13ClINO2. The second-order valence-corrected chi connectivity index (χ2v) is 3.99. The van der Waals surface area contributed by atoms with Crippen LogP contribution in [0, 0.1) is 0 Å². The Bertz CT molecular complexity index is 204. The van der Waals surface area contributed by atoms with E-state index in [2.05, 4.69) is 4.99 Å².